The maximum Gasteiger partial charge on any atom is 0.252 e. The number of aliphatic hydroxyl groups excluding tert-OH is 1. The molecule has 0 bridgehead atoms. The Labute approximate surface area is 59.0 Å². The van der Waals surface area contributed by atoms with Gasteiger partial charge in [0, 0.05) is 18.9 Å². The van der Waals surface area contributed by atoms with Crippen LogP contribution in [0.5, 0.6) is 0 Å². The number of rotatable bonds is 2. The molecule has 0 aromatic rings. The van der Waals surface area contributed by atoms with Gasteiger partial charge in [0.25, 0.3) is 5.92 Å². The van der Waals surface area contributed by atoms with Gasteiger partial charge in [-0.25, -0.2) is 8.78 Å². The van der Waals surface area contributed by atoms with E-state index in [0.717, 1.165) is 0 Å². The average Bonchev–Trinajstić information content (AvgIpc) is 2.41. The minimum atomic E-state index is -2.51. The molecule has 0 radical (unpaired) electrons. The molecule has 0 saturated heterocycles. The van der Waals surface area contributed by atoms with Crippen molar-refractivity contribution in [2.75, 3.05) is 6.61 Å². The predicted octanol–water partition coefficient (Wildman–Crippen LogP) is 1.66. The van der Waals surface area contributed by atoms with Crippen molar-refractivity contribution in [2.24, 2.45) is 11.3 Å². The third-order valence-electron chi connectivity index (χ3n) is 2.18. The summed E-state index contributed by atoms with van der Waals surface area (Å²) in [5, 5.41) is 8.70. The molecule has 0 aromatic heterocycles. The average molecular weight is 150 g/mol. The van der Waals surface area contributed by atoms with E-state index in [2.05, 4.69) is 0 Å². The third kappa shape index (κ3) is 1.15. The largest absolute Gasteiger partial charge is 0.396 e. The quantitative estimate of drug-likeness (QED) is 0.634. The SMILES string of the molecule is CC(C)(CO)C1CC1(F)F. The van der Waals surface area contributed by atoms with Crippen molar-refractivity contribution in [3.63, 3.8) is 0 Å². The van der Waals surface area contributed by atoms with Crippen molar-refractivity contribution in [3.05, 3.63) is 0 Å². The fraction of sp³-hybridized carbons (Fsp3) is 1.00. The molecule has 1 aliphatic carbocycles. The molecular weight excluding hydrogens is 138 g/mol. The number of alkyl halides is 2. The molecule has 1 saturated carbocycles. The molecule has 0 heterocycles. The minimum Gasteiger partial charge on any atom is -0.396 e. The van der Waals surface area contributed by atoms with Crippen molar-refractivity contribution in [1.82, 2.24) is 0 Å². The van der Waals surface area contributed by atoms with Gasteiger partial charge in [-0.2, -0.15) is 0 Å². The molecule has 60 valence electrons. The van der Waals surface area contributed by atoms with Gasteiger partial charge in [0.05, 0.1) is 0 Å². The lowest BCUT2D eigenvalue weighted by molar-refractivity contribution is 0.0414. The zero-order chi connectivity index (χ0) is 7.99. The van der Waals surface area contributed by atoms with Crippen molar-refractivity contribution in [2.45, 2.75) is 26.2 Å². The summed E-state index contributed by atoms with van der Waals surface area (Å²) in [7, 11) is 0. The number of halogens is 2. The molecule has 1 aliphatic rings. The second-order valence-electron chi connectivity index (χ2n) is 3.66. The summed E-state index contributed by atoms with van der Waals surface area (Å²) in [4.78, 5) is 0. The van der Waals surface area contributed by atoms with Gasteiger partial charge in [-0.15, -0.1) is 0 Å². The first-order valence-corrected chi connectivity index (χ1v) is 3.39. The Bertz CT molecular complexity index is 143. The smallest absolute Gasteiger partial charge is 0.252 e. The zero-order valence-electron chi connectivity index (χ0n) is 6.19. The van der Waals surface area contributed by atoms with Gasteiger partial charge < -0.3 is 5.11 Å². The second kappa shape index (κ2) is 1.91. The normalized spacial score (nSPS) is 30.3. The van der Waals surface area contributed by atoms with Crippen LogP contribution in [-0.2, 0) is 0 Å². The van der Waals surface area contributed by atoms with Crippen LogP contribution >= 0.6 is 0 Å². The molecule has 0 aliphatic heterocycles. The zero-order valence-corrected chi connectivity index (χ0v) is 6.19. The summed E-state index contributed by atoms with van der Waals surface area (Å²) in [6.07, 6.45) is -0.0550. The van der Waals surface area contributed by atoms with E-state index in [1.54, 1.807) is 13.8 Å². The molecule has 3 heteroatoms. The van der Waals surface area contributed by atoms with E-state index in [-0.39, 0.29) is 13.0 Å². The number of aliphatic hydroxyl groups is 1. The van der Waals surface area contributed by atoms with E-state index in [1.165, 1.54) is 0 Å². The molecule has 1 atom stereocenters. The van der Waals surface area contributed by atoms with Crippen molar-refractivity contribution >= 4 is 0 Å². The standard InChI is InChI=1S/C7H12F2O/c1-6(2,4-10)5-3-7(5,8)9/h5,10H,3-4H2,1-2H3. The second-order valence-corrected chi connectivity index (χ2v) is 3.66. The van der Waals surface area contributed by atoms with E-state index in [1.807, 2.05) is 0 Å². The van der Waals surface area contributed by atoms with Crippen LogP contribution in [0, 0.1) is 11.3 Å². The lowest BCUT2D eigenvalue weighted by Gasteiger charge is -2.20. The summed E-state index contributed by atoms with van der Waals surface area (Å²) < 4.78 is 24.7. The fourth-order valence-corrected chi connectivity index (χ4v) is 1.17. The maximum atomic E-state index is 12.4. The first-order valence-electron chi connectivity index (χ1n) is 3.39. The fourth-order valence-electron chi connectivity index (χ4n) is 1.17. The molecule has 0 aromatic carbocycles. The summed E-state index contributed by atoms with van der Waals surface area (Å²) >= 11 is 0. The molecule has 0 spiro atoms. The highest BCUT2D eigenvalue weighted by Gasteiger charge is 2.62. The molecule has 0 amide bonds. The molecule has 10 heavy (non-hydrogen) atoms. The first kappa shape index (κ1) is 7.92. The summed E-state index contributed by atoms with van der Waals surface area (Å²) in [5.74, 6) is -3.11. The Morgan fingerprint density at radius 1 is 1.60 bits per heavy atom. The Kier molecular flexibility index (Phi) is 1.51. The van der Waals surface area contributed by atoms with Crippen molar-refractivity contribution in [1.29, 1.82) is 0 Å². The number of hydrogen-bond donors (Lipinski definition) is 1. The summed E-state index contributed by atoms with van der Waals surface area (Å²) in [6, 6.07) is 0. The lowest BCUT2D eigenvalue weighted by Crippen LogP contribution is -2.22. The van der Waals surface area contributed by atoms with Crippen LogP contribution in [0.1, 0.15) is 20.3 Å². The van der Waals surface area contributed by atoms with E-state index in [4.69, 9.17) is 5.11 Å². The predicted molar refractivity (Wildman–Crippen MR) is 33.9 cm³/mol. The third-order valence-corrected chi connectivity index (χ3v) is 2.18. The van der Waals surface area contributed by atoms with Crippen molar-refractivity contribution < 1.29 is 13.9 Å². The van der Waals surface area contributed by atoms with Gasteiger partial charge in [-0.1, -0.05) is 13.8 Å². The van der Waals surface area contributed by atoms with Crippen LogP contribution in [0.4, 0.5) is 8.78 Å². The Hall–Kier alpha value is -0.180. The van der Waals surface area contributed by atoms with Gasteiger partial charge in [-0.3, -0.25) is 0 Å². The van der Waals surface area contributed by atoms with Gasteiger partial charge in [0.1, 0.15) is 0 Å². The van der Waals surface area contributed by atoms with Crippen LogP contribution < -0.4 is 0 Å². The Balaban J connectivity index is 2.54. The van der Waals surface area contributed by atoms with Gasteiger partial charge >= 0.3 is 0 Å². The monoisotopic (exact) mass is 150 g/mol. The molecular formula is C7H12F2O. The molecule has 1 fully saturated rings. The highest BCUT2D eigenvalue weighted by molar-refractivity contribution is 5.02. The molecule has 1 unspecified atom stereocenters. The lowest BCUT2D eigenvalue weighted by atomic mass is 9.88. The molecule has 1 nitrogen and oxygen atoms in total. The Morgan fingerprint density at radius 3 is 2.10 bits per heavy atom. The van der Waals surface area contributed by atoms with Crippen molar-refractivity contribution in [3.8, 4) is 0 Å². The minimum absolute atomic E-state index is 0.0550. The highest BCUT2D eigenvalue weighted by Crippen LogP contribution is 2.57. The van der Waals surface area contributed by atoms with Gasteiger partial charge in [-0.05, 0) is 5.41 Å². The van der Waals surface area contributed by atoms with E-state index in [0.29, 0.717) is 0 Å². The highest BCUT2D eigenvalue weighted by atomic mass is 19.3. The van der Waals surface area contributed by atoms with Crippen LogP contribution in [0.2, 0.25) is 0 Å². The van der Waals surface area contributed by atoms with Crippen LogP contribution in [0.3, 0.4) is 0 Å². The topological polar surface area (TPSA) is 20.2 Å². The van der Waals surface area contributed by atoms with Gasteiger partial charge in [0.15, 0.2) is 0 Å². The van der Waals surface area contributed by atoms with E-state index >= 15 is 0 Å². The van der Waals surface area contributed by atoms with Crippen LogP contribution in [0.15, 0.2) is 0 Å². The van der Waals surface area contributed by atoms with E-state index in [9.17, 15) is 8.78 Å². The molecule has 1 N–H and O–H groups in total. The summed E-state index contributed by atoms with van der Waals surface area (Å²) in [6.45, 7) is 3.17. The van der Waals surface area contributed by atoms with E-state index < -0.39 is 17.3 Å². The van der Waals surface area contributed by atoms with Crippen LogP contribution in [0.25, 0.3) is 0 Å². The maximum absolute atomic E-state index is 12.4. The van der Waals surface area contributed by atoms with Gasteiger partial charge in [0.2, 0.25) is 0 Å². The van der Waals surface area contributed by atoms with Crippen LogP contribution in [-0.4, -0.2) is 17.6 Å². The first-order chi connectivity index (χ1) is 4.40. The number of hydrogen-bond acceptors (Lipinski definition) is 1. The molecule has 1 rings (SSSR count). The Morgan fingerprint density at radius 2 is 2.00 bits per heavy atom. The summed E-state index contributed by atoms with van der Waals surface area (Å²) in [5.41, 5.74) is -0.608.